The summed E-state index contributed by atoms with van der Waals surface area (Å²) in [5, 5.41) is 3.51. The van der Waals surface area contributed by atoms with Gasteiger partial charge in [-0.25, -0.2) is 4.79 Å². The van der Waals surface area contributed by atoms with Crippen LogP contribution >= 0.6 is 0 Å². The number of allylic oxidation sites excluding steroid dienone is 2. The number of carbonyl (C=O) groups is 2. The highest BCUT2D eigenvalue weighted by Crippen LogP contribution is 2.63. The maximum absolute atomic E-state index is 13.7. The van der Waals surface area contributed by atoms with E-state index in [0.29, 0.717) is 34.9 Å². The molecule has 8 rings (SSSR count). The predicted octanol–water partition coefficient (Wildman–Crippen LogP) is 5.96. The van der Waals surface area contributed by atoms with E-state index in [4.69, 9.17) is 0 Å². The van der Waals surface area contributed by atoms with Gasteiger partial charge in [-0.3, -0.25) is 4.79 Å². The van der Waals surface area contributed by atoms with Gasteiger partial charge in [0.1, 0.15) is 0 Å². The van der Waals surface area contributed by atoms with Crippen LogP contribution in [0.1, 0.15) is 90.9 Å². The first-order valence-corrected chi connectivity index (χ1v) is 14.6. The lowest BCUT2D eigenvalue weighted by molar-refractivity contribution is -0.121. The Balaban J connectivity index is 1.06. The number of hydrogen-bond acceptors (Lipinski definition) is 2. The first-order chi connectivity index (χ1) is 16.3. The molecular weight excluding hydrogens is 420 g/mol. The fraction of sp³-hybridized carbons (Fsp3) is 0.867. The molecule has 0 radical (unpaired) electrons. The summed E-state index contributed by atoms with van der Waals surface area (Å²) in [6.07, 6.45) is 19.3. The van der Waals surface area contributed by atoms with Gasteiger partial charge in [0.25, 0.3) is 0 Å². The number of rotatable bonds is 2. The molecule has 6 saturated carbocycles. The van der Waals surface area contributed by atoms with Gasteiger partial charge < -0.3 is 10.2 Å². The zero-order valence-corrected chi connectivity index (χ0v) is 21.4. The lowest BCUT2D eigenvalue weighted by Crippen LogP contribution is -2.60. The maximum Gasteiger partial charge on any atom is 0.317 e. The summed E-state index contributed by atoms with van der Waals surface area (Å²) >= 11 is 0. The van der Waals surface area contributed by atoms with Crippen molar-refractivity contribution in [2.24, 2.45) is 52.3 Å². The van der Waals surface area contributed by atoms with Crippen molar-refractivity contribution in [3.63, 3.8) is 0 Å². The van der Waals surface area contributed by atoms with Gasteiger partial charge in [-0.15, -0.1) is 0 Å². The van der Waals surface area contributed by atoms with Crippen molar-refractivity contribution in [3.05, 3.63) is 12.2 Å². The minimum absolute atomic E-state index is 0.00409. The molecule has 1 heterocycles. The molecule has 0 aromatic carbocycles. The van der Waals surface area contributed by atoms with Crippen LogP contribution in [0.5, 0.6) is 0 Å². The molecule has 186 valence electrons. The quantitative estimate of drug-likeness (QED) is 0.548. The van der Waals surface area contributed by atoms with Crippen LogP contribution in [0.2, 0.25) is 0 Å². The summed E-state index contributed by atoms with van der Waals surface area (Å²) in [6.45, 7) is 6.67. The van der Waals surface area contributed by atoms with E-state index in [1.54, 1.807) is 0 Å². The Morgan fingerprint density at radius 3 is 2.41 bits per heavy atom. The molecule has 1 saturated heterocycles. The van der Waals surface area contributed by atoms with E-state index in [9.17, 15) is 9.59 Å². The van der Waals surface area contributed by atoms with Crippen molar-refractivity contribution >= 4 is 11.8 Å². The van der Waals surface area contributed by atoms with E-state index in [1.807, 2.05) is 6.08 Å². The fourth-order valence-electron chi connectivity index (χ4n) is 11.5. The molecule has 1 N–H and O–H groups in total. The smallest absolute Gasteiger partial charge is 0.317 e. The Morgan fingerprint density at radius 2 is 1.71 bits per heavy atom. The Labute approximate surface area is 205 Å². The minimum atomic E-state index is 0.00409. The second kappa shape index (κ2) is 7.35. The first kappa shape index (κ1) is 21.9. The molecule has 34 heavy (non-hydrogen) atoms. The lowest BCUT2D eigenvalue weighted by Gasteiger charge is -2.59. The third-order valence-corrected chi connectivity index (χ3v) is 12.7. The topological polar surface area (TPSA) is 49.4 Å². The largest absolute Gasteiger partial charge is 0.337 e. The van der Waals surface area contributed by atoms with E-state index < -0.39 is 0 Å². The molecule has 6 atom stereocenters. The number of carbonyl (C=O) groups excluding carboxylic acids is 2. The SMILES string of the molecule is C[C@]12C=CC(=O)CC1CC[C@@H]1[C@H]2CC[C@@]2(C)[C@H]1CCN2C(=O)NCC12CC3CC(CC(C3)C1)C2. The van der Waals surface area contributed by atoms with Gasteiger partial charge in [0, 0.05) is 25.0 Å². The number of amides is 2. The standard InChI is InChI=1S/C30H44N2O2/c1-28-8-5-23(33)14-22(28)3-4-24-25(28)6-9-29(2)26(24)7-10-32(29)27(34)31-18-30-15-19-11-20(16-30)13-21(12-19)17-30/h5,8,19-22,24-26H,3-4,6-7,9-18H2,1-2H3,(H,31,34)/t19?,20?,21?,22?,24-,25-,26+,28+,29+,30?/m1/s1. The minimum Gasteiger partial charge on any atom is -0.337 e. The lowest BCUT2D eigenvalue weighted by atomic mass is 9.47. The number of nitrogens with zero attached hydrogens (tertiary/aromatic N) is 1. The average molecular weight is 465 g/mol. The maximum atomic E-state index is 13.7. The van der Waals surface area contributed by atoms with Crippen LogP contribution in [0, 0.1) is 52.3 Å². The fourth-order valence-corrected chi connectivity index (χ4v) is 11.5. The summed E-state index contributed by atoms with van der Waals surface area (Å²) in [4.78, 5) is 28.0. The van der Waals surface area contributed by atoms with Crippen molar-refractivity contribution < 1.29 is 9.59 Å². The summed E-state index contributed by atoms with van der Waals surface area (Å²) in [5.41, 5.74) is 0.580. The van der Waals surface area contributed by atoms with E-state index in [0.717, 1.165) is 50.1 Å². The number of fused-ring (bicyclic) bond motifs is 5. The molecule has 0 aromatic heterocycles. The molecule has 7 aliphatic carbocycles. The van der Waals surface area contributed by atoms with Gasteiger partial charge in [0.05, 0.1) is 0 Å². The zero-order valence-electron chi connectivity index (χ0n) is 21.4. The van der Waals surface area contributed by atoms with Crippen molar-refractivity contribution in [1.29, 1.82) is 0 Å². The van der Waals surface area contributed by atoms with Crippen LogP contribution in [-0.4, -0.2) is 35.3 Å². The Hall–Kier alpha value is -1.32. The summed E-state index contributed by atoms with van der Waals surface area (Å²) < 4.78 is 0. The third kappa shape index (κ3) is 3.08. The van der Waals surface area contributed by atoms with Crippen molar-refractivity contribution in [3.8, 4) is 0 Å². The van der Waals surface area contributed by atoms with Crippen LogP contribution in [0.4, 0.5) is 4.79 Å². The van der Waals surface area contributed by atoms with E-state index >= 15 is 0 Å². The predicted molar refractivity (Wildman–Crippen MR) is 133 cm³/mol. The molecule has 0 aromatic rings. The van der Waals surface area contributed by atoms with Gasteiger partial charge in [0.15, 0.2) is 5.78 Å². The highest BCUT2D eigenvalue weighted by atomic mass is 16.2. The normalized spacial score (nSPS) is 52.8. The van der Waals surface area contributed by atoms with Gasteiger partial charge in [0.2, 0.25) is 0 Å². The Bertz CT molecular complexity index is 889. The second-order valence-corrected chi connectivity index (χ2v) is 14.4. The molecule has 4 nitrogen and oxygen atoms in total. The second-order valence-electron chi connectivity index (χ2n) is 14.4. The number of nitrogens with one attached hydrogen (secondary N) is 1. The number of ketones is 1. The van der Waals surface area contributed by atoms with Crippen molar-refractivity contribution in [2.75, 3.05) is 13.1 Å². The van der Waals surface area contributed by atoms with Crippen LogP contribution < -0.4 is 5.32 Å². The van der Waals surface area contributed by atoms with E-state index in [-0.39, 0.29) is 17.0 Å². The molecular formula is C30H44N2O2. The molecule has 1 aliphatic heterocycles. The molecule has 8 aliphatic rings. The molecule has 0 spiro atoms. The average Bonchev–Trinajstić information content (AvgIpc) is 3.14. The number of urea groups is 1. The number of likely N-dealkylation sites (tertiary alicyclic amines) is 1. The summed E-state index contributed by atoms with van der Waals surface area (Å²) in [7, 11) is 0. The summed E-state index contributed by atoms with van der Waals surface area (Å²) in [6, 6.07) is 0.224. The first-order valence-electron chi connectivity index (χ1n) is 14.6. The van der Waals surface area contributed by atoms with Crippen molar-refractivity contribution in [2.45, 2.75) is 96.4 Å². The van der Waals surface area contributed by atoms with Gasteiger partial charge >= 0.3 is 6.03 Å². The molecule has 7 fully saturated rings. The van der Waals surface area contributed by atoms with E-state index in [1.165, 1.54) is 57.8 Å². The van der Waals surface area contributed by atoms with Gasteiger partial charge in [-0.2, -0.15) is 0 Å². The van der Waals surface area contributed by atoms with Gasteiger partial charge in [-0.1, -0.05) is 13.0 Å². The summed E-state index contributed by atoms with van der Waals surface area (Å²) in [5.74, 6) is 5.64. The molecule has 4 heteroatoms. The van der Waals surface area contributed by atoms with Crippen molar-refractivity contribution in [1.82, 2.24) is 10.2 Å². The molecule has 1 unspecified atom stereocenters. The third-order valence-electron chi connectivity index (χ3n) is 12.7. The van der Waals surface area contributed by atoms with Crippen LogP contribution in [0.3, 0.4) is 0 Å². The van der Waals surface area contributed by atoms with E-state index in [2.05, 4.69) is 30.1 Å². The zero-order chi connectivity index (χ0) is 23.3. The Morgan fingerprint density at radius 1 is 1.00 bits per heavy atom. The van der Waals surface area contributed by atoms with Crippen LogP contribution in [-0.2, 0) is 4.79 Å². The molecule has 4 bridgehead atoms. The Kier molecular flexibility index (Phi) is 4.74. The van der Waals surface area contributed by atoms with Crippen LogP contribution in [0.15, 0.2) is 12.2 Å². The highest BCUT2D eigenvalue weighted by molar-refractivity contribution is 5.91. The molecule has 2 amide bonds. The van der Waals surface area contributed by atoms with Gasteiger partial charge in [-0.05, 0) is 136 Å². The number of hydrogen-bond donors (Lipinski definition) is 1. The monoisotopic (exact) mass is 464 g/mol. The van der Waals surface area contributed by atoms with Crippen LogP contribution in [0.25, 0.3) is 0 Å². The highest BCUT2D eigenvalue weighted by Gasteiger charge is 2.60.